The molecule has 1 fully saturated rings. The van der Waals surface area contributed by atoms with Crippen molar-refractivity contribution >= 4 is 21.6 Å². The van der Waals surface area contributed by atoms with Crippen LogP contribution < -0.4 is 0 Å². The fourth-order valence-electron chi connectivity index (χ4n) is 2.59. The molecule has 1 heterocycles. The number of thioether (sulfide) groups is 1. The molecular formula is C15H20N2O2S2. The van der Waals surface area contributed by atoms with E-state index in [1.54, 1.807) is 12.1 Å². The van der Waals surface area contributed by atoms with Crippen LogP contribution in [0.25, 0.3) is 0 Å². The Hall–Kier alpha value is -1.03. The van der Waals surface area contributed by atoms with Crippen LogP contribution >= 0.6 is 11.8 Å². The van der Waals surface area contributed by atoms with E-state index in [1.807, 2.05) is 17.8 Å². The Labute approximate surface area is 131 Å². The maximum absolute atomic E-state index is 12.3. The maximum Gasteiger partial charge on any atom is 0.179 e. The Bertz CT molecular complexity index is 606. The summed E-state index contributed by atoms with van der Waals surface area (Å²) in [5.41, 5.74) is 0.480. The molecule has 1 saturated heterocycles. The van der Waals surface area contributed by atoms with Gasteiger partial charge in [-0.1, -0.05) is 0 Å². The van der Waals surface area contributed by atoms with E-state index >= 15 is 0 Å². The second-order valence-corrected chi connectivity index (χ2v) is 8.39. The highest BCUT2D eigenvalue weighted by Crippen LogP contribution is 2.20. The number of hydrogen-bond acceptors (Lipinski definition) is 5. The van der Waals surface area contributed by atoms with Crippen molar-refractivity contribution in [3.63, 3.8) is 0 Å². The Balaban J connectivity index is 1.91. The molecule has 0 amide bonds. The number of rotatable bonds is 6. The largest absolute Gasteiger partial charge is 0.302 e. The first-order valence-electron chi connectivity index (χ1n) is 6.99. The lowest BCUT2D eigenvalue weighted by molar-refractivity contribution is 0.348. The molecule has 1 aliphatic rings. The summed E-state index contributed by atoms with van der Waals surface area (Å²) < 4.78 is 24.6. The van der Waals surface area contributed by atoms with Crippen molar-refractivity contribution < 1.29 is 8.42 Å². The first-order chi connectivity index (χ1) is 10.0. The van der Waals surface area contributed by atoms with Crippen LogP contribution in [0.15, 0.2) is 29.2 Å². The van der Waals surface area contributed by atoms with E-state index in [0.29, 0.717) is 22.9 Å². The van der Waals surface area contributed by atoms with Gasteiger partial charge in [0.2, 0.25) is 0 Å². The van der Waals surface area contributed by atoms with Crippen LogP contribution in [-0.4, -0.2) is 50.7 Å². The van der Waals surface area contributed by atoms with Crippen LogP contribution in [0, 0.1) is 17.2 Å². The zero-order chi connectivity index (χ0) is 15.3. The number of nitrogens with zero attached hydrogens (tertiary/aromatic N) is 2. The molecule has 1 aromatic rings. The molecule has 4 nitrogen and oxygen atoms in total. The summed E-state index contributed by atoms with van der Waals surface area (Å²) in [5.74, 6) is 1.99. The molecule has 0 unspecified atom stereocenters. The van der Waals surface area contributed by atoms with Gasteiger partial charge in [0, 0.05) is 13.1 Å². The van der Waals surface area contributed by atoms with Crippen molar-refractivity contribution in [2.75, 3.05) is 37.4 Å². The molecule has 21 heavy (non-hydrogen) atoms. The number of sulfone groups is 1. The monoisotopic (exact) mass is 324 g/mol. The molecule has 0 saturated carbocycles. The first kappa shape index (κ1) is 16.3. The zero-order valence-corrected chi connectivity index (χ0v) is 13.8. The smallest absolute Gasteiger partial charge is 0.179 e. The molecule has 6 heteroatoms. The molecule has 1 aromatic carbocycles. The first-order valence-corrected chi connectivity index (χ1v) is 10.0. The predicted octanol–water partition coefficient (Wildman–Crippen LogP) is 2.02. The van der Waals surface area contributed by atoms with Crippen LogP contribution in [0.5, 0.6) is 0 Å². The van der Waals surface area contributed by atoms with Crippen molar-refractivity contribution in [3.05, 3.63) is 29.8 Å². The van der Waals surface area contributed by atoms with Crippen LogP contribution in [0.1, 0.15) is 12.0 Å². The third-order valence-electron chi connectivity index (χ3n) is 3.79. The summed E-state index contributed by atoms with van der Waals surface area (Å²) in [6.07, 6.45) is 3.27. The van der Waals surface area contributed by atoms with E-state index in [-0.39, 0.29) is 5.75 Å². The van der Waals surface area contributed by atoms with Gasteiger partial charge in [0.25, 0.3) is 0 Å². The highest BCUT2D eigenvalue weighted by Gasteiger charge is 2.24. The van der Waals surface area contributed by atoms with E-state index in [9.17, 15) is 8.42 Å². The molecule has 0 radical (unpaired) electrons. The van der Waals surface area contributed by atoms with Crippen LogP contribution in [0.3, 0.4) is 0 Å². The lowest BCUT2D eigenvalue weighted by Gasteiger charge is -2.15. The third kappa shape index (κ3) is 4.47. The van der Waals surface area contributed by atoms with E-state index in [4.69, 9.17) is 5.26 Å². The molecule has 0 N–H and O–H groups in total. The van der Waals surface area contributed by atoms with Gasteiger partial charge in [-0.05, 0) is 55.2 Å². The third-order valence-corrected chi connectivity index (χ3v) is 6.31. The summed E-state index contributed by atoms with van der Waals surface area (Å²) >= 11 is 1.85. The second kappa shape index (κ2) is 7.30. The standard InChI is InChI=1S/C15H20N2O2S2/c1-20-12-14-6-7-17(11-14)8-9-21(18,19)15-4-2-13(10-16)3-5-15/h2-5,14H,6-9,11-12H2,1H3/t14-/m0/s1. The van der Waals surface area contributed by atoms with Gasteiger partial charge in [0.05, 0.1) is 22.3 Å². The average molecular weight is 324 g/mol. The highest BCUT2D eigenvalue weighted by molar-refractivity contribution is 7.98. The average Bonchev–Trinajstić information content (AvgIpc) is 2.93. The molecule has 0 aliphatic carbocycles. The predicted molar refractivity (Wildman–Crippen MR) is 86.1 cm³/mol. The molecule has 114 valence electrons. The topological polar surface area (TPSA) is 61.2 Å². The Morgan fingerprint density at radius 2 is 2.10 bits per heavy atom. The highest BCUT2D eigenvalue weighted by atomic mass is 32.2. The Kier molecular flexibility index (Phi) is 5.68. The van der Waals surface area contributed by atoms with Gasteiger partial charge in [0.15, 0.2) is 9.84 Å². The quantitative estimate of drug-likeness (QED) is 0.801. The fraction of sp³-hybridized carbons (Fsp3) is 0.533. The fourth-order valence-corrected chi connectivity index (χ4v) is 4.62. The van der Waals surface area contributed by atoms with Gasteiger partial charge < -0.3 is 4.90 Å². The van der Waals surface area contributed by atoms with Crippen molar-refractivity contribution in [2.24, 2.45) is 5.92 Å². The van der Waals surface area contributed by atoms with Gasteiger partial charge in [0.1, 0.15) is 0 Å². The van der Waals surface area contributed by atoms with Crippen LogP contribution in [0.4, 0.5) is 0 Å². The van der Waals surface area contributed by atoms with E-state index in [2.05, 4.69) is 11.2 Å². The van der Waals surface area contributed by atoms with Gasteiger partial charge in [-0.25, -0.2) is 8.42 Å². The molecule has 0 bridgehead atoms. The van der Waals surface area contributed by atoms with E-state index < -0.39 is 9.84 Å². The van der Waals surface area contributed by atoms with Gasteiger partial charge in [-0.15, -0.1) is 0 Å². The minimum absolute atomic E-state index is 0.144. The number of benzene rings is 1. The minimum atomic E-state index is -3.26. The van der Waals surface area contributed by atoms with E-state index in [0.717, 1.165) is 25.3 Å². The van der Waals surface area contributed by atoms with Gasteiger partial charge in [-0.2, -0.15) is 17.0 Å². The summed E-state index contributed by atoms with van der Waals surface area (Å²) in [7, 11) is -3.26. The van der Waals surface area contributed by atoms with Crippen LogP contribution in [-0.2, 0) is 9.84 Å². The summed E-state index contributed by atoms with van der Waals surface area (Å²) in [6.45, 7) is 2.59. The molecule has 1 aliphatic heterocycles. The summed E-state index contributed by atoms with van der Waals surface area (Å²) in [6, 6.07) is 8.14. The van der Waals surface area contributed by atoms with Crippen molar-refractivity contribution in [1.82, 2.24) is 4.90 Å². The molecule has 0 spiro atoms. The normalized spacial score (nSPS) is 19.5. The number of hydrogen-bond donors (Lipinski definition) is 0. The Morgan fingerprint density at radius 3 is 2.71 bits per heavy atom. The lowest BCUT2D eigenvalue weighted by Crippen LogP contribution is -2.27. The molecular weight excluding hydrogens is 304 g/mol. The van der Waals surface area contributed by atoms with Crippen LogP contribution in [0.2, 0.25) is 0 Å². The molecule has 1 atom stereocenters. The lowest BCUT2D eigenvalue weighted by atomic mass is 10.2. The number of likely N-dealkylation sites (tertiary alicyclic amines) is 1. The van der Waals surface area contributed by atoms with Crippen molar-refractivity contribution in [2.45, 2.75) is 11.3 Å². The summed E-state index contributed by atoms with van der Waals surface area (Å²) in [5, 5.41) is 8.74. The van der Waals surface area contributed by atoms with E-state index in [1.165, 1.54) is 12.1 Å². The van der Waals surface area contributed by atoms with Gasteiger partial charge >= 0.3 is 0 Å². The number of nitriles is 1. The van der Waals surface area contributed by atoms with Crippen molar-refractivity contribution in [3.8, 4) is 6.07 Å². The second-order valence-electron chi connectivity index (χ2n) is 5.37. The van der Waals surface area contributed by atoms with Crippen molar-refractivity contribution in [1.29, 1.82) is 5.26 Å². The maximum atomic E-state index is 12.3. The van der Waals surface area contributed by atoms with Gasteiger partial charge in [-0.3, -0.25) is 0 Å². The molecule has 2 rings (SSSR count). The minimum Gasteiger partial charge on any atom is -0.302 e. The summed E-state index contributed by atoms with van der Waals surface area (Å²) in [4.78, 5) is 2.54. The Morgan fingerprint density at radius 1 is 1.38 bits per heavy atom. The SMILES string of the molecule is CSC[C@H]1CCN(CCS(=O)(=O)c2ccc(C#N)cc2)C1. The molecule has 0 aromatic heterocycles. The zero-order valence-electron chi connectivity index (χ0n) is 12.2.